The van der Waals surface area contributed by atoms with Crippen molar-refractivity contribution in [3.63, 3.8) is 0 Å². The maximum atomic E-state index is 6.12. The van der Waals surface area contributed by atoms with Crippen LogP contribution < -0.4 is 5.32 Å². The smallest absolute Gasteiger partial charge is 0.0455 e. The van der Waals surface area contributed by atoms with Gasteiger partial charge in [0.1, 0.15) is 0 Å². The Balaban J connectivity index is 1.65. The molecule has 1 unspecified atom stereocenters. The predicted molar refractivity (Wildman–Crippen MR) is 77.6 cm³/mol. The van der Waals surface area contributed by atoms with Gasteiger partial charge in [-0.25, -0.2) is 0 Å². The van der Waals surface area contributed by atoms with Crippen LogP contribution >= 0.6 is 11.6 Å². The van der Waals surface area contributed by atoms with Crippen LogP contribution in [0, 0.1) is 6.92 Å². The van der Waals surface area contributed by atoms with Gasteiger partial charge in [0.2, 0.25) is 0 Å². The summed E-state index contributed by atoms with van der Waals surface area (Å²) in [4.78, 5) is 0. The molecule has 0 saturated heterocycles. The van der Waals surface area contributed by atoms with Crippen LogP contribution in [-0.4, -0.2) is 6.54 Å². The van der Waals surface area contributed by atoms with Gasteiger partial charge in [-0.05, 0) is 42.2 Å². The third-order valence-electron chi connectivity index (χ3n) is 3.69. The molecular weight excluding hydrogens is 242 g/mol. The van der Waals surface area contributed by atoms with E-state index in [0.29, 0.717) is 5.92 Å². The Labute approximate surface area is 113 Å². The summed E-state index contributed by atoms with van der Waals surface area (Å²) >= 11 is 6.12. The van der Waals surface area contributed by atoms with Crippen molar-refractivity contribution in [2.45, 2.75) is 19.3 Å². The molecule has 0 heterocycles. The lowest BCUT2D eigenvalue weighted by Gasteiger charge is -2.30. The number of nitrogens with one attached hydrogen (secondary N) is 1. The van der Waals surface area contributed by atoms with E-state index in [1.165, 1.54) is 17.5 Å². The van der Waals surface area contributed by atoms with E-state index in [1.54, 1.807) is 0 Å². The van der Waals surface area contributed by atoms with Crippen molar-refractivity contribution in [3.8, 4) is 0 Å². The number of anilines is 1. The zero-order valence-corrected chi connectivity index (χ0v) is 11.2. The molecule has 1 aliphatic rings. The van der Waals surface area contributed by atoms with Gasteiger partial charge in [0.25, 0.3) is 0 Å². The molecule has 92 valence electrons. The van der Waals surface area contributed by atoms with Gasteiger partial charge >= 0.3 is 0 Å². The Morgan fingerprint density at radius 3 is 2.83 bits per heavy atom. The van der Waals surface area contributed by atoms with E-state index in [9.17, 15) is 0 Å². The Morgan fingerprint density at radius 1 is 1.22 bits per heavy atom. The highest BCUT2D eigenvalue weighted by molar-refractivity contribution is 6.31. The summed E-state index contributed by atoms with van der Waals surface area (Å²) in [5.74, 6) is 0.640. The normalized spacial score (nSPS) is 16.9. The number of hydrogen-bond donors (Lipinski definition) is 1. The standard InChI is InChI=1S/C16H16ClN/c1-11-6-7-14(9-16(11)17)18-10-13-8-12-4-2-3-5-15(12)13/h2-7,9,13,18H,8,10H2,1H3. The summed E-state index contributed by atoms with van der Waals surface area (Å²) in [6.07, 6.45) is 1.18. The fourth-order valence-corrected chi connectivity index (χ4v) is 2.67. The van der Waals surface area contributed by atoms with Gasteiger partial charge in [-0.1, -0.05) is 41.9 Å². The number of hydrogen-bond acceptors (Lipinski definition) is 1. The molecule has 0 bridgehead atoms. The van der Waals surface area contributed by atoms with E-state index < -0.39 is 0 Å². The lowest BCUT2D eigenvalue weighted by atomic mass is 9.77. The molecule has 0 spiro atoms. The van der Waals surface area contributed by atoms with Gasteiger partial charge in [-0.15, -0.1) is 0 Å². The molecule has 1 atom stereocenters. The van der Waals surface area contributed by atoms with Crippen LogP contribution in [0.5, 0.6) is 0 Å². The predicted octanol–water partition coefficient (Wildman–Crippen LogP) is 4.40. The molecule has 2 heteroatoms. The first-order chi connectivity index (χ1) is 8.74. The van der Waals surface area contributed by atoms with E-state index in [-0.39, 0.29) is 0 Å². The molecule has 2 aromatic carbocycles. The van der Waals surface area contributed by atoms with Gasteiger partial charge < -0.3 is 5.32 Å². The Bertz CT molecular complexity index is 577. The highest BCUT2D eigenvalue weighted by Crippen LogP contribution is 2.34. The van der Waals surface area contributed by atoms with Crippen molar-refractivity contribution < 1.29 is 0 Å². The van der Waals surface area contributed by atoms with Crippen LogP contribution in [0.15, 0.2) is 42.5 Å². The van der Waals surface area contributed by atoms with Gasteiger partial charge in [0.05, 0.1) is 0 Å². The molecule has 0 radical (unpaired) electrons. The van der Waals surface area contributed by atoms with Gasteiger partial charge in [0.15, 0.2) is 0 Å². The first-order valence-electron chi connectivity index (χ1n) is 6.32. The van der Waals surface area contributed by atoms with Crippen molar-refractivity contribution >= 4 is 17.3 Å². The minimum Gasteiger partial charge on any atom is -0.384 e. The second kappa shape index (κ2) is 4.66. The summed E-state index contributed by atoms with van der Waals surface area (Å²) in [6.45, 7) is 3.00. The van der Waals surface area contributed by atoms with Crippen LogP contribution in [0.25, 0.3) is 0 Å². The first kappa shape index (κ1) is 11.6. The average Bonchev–Trinajstić information content (AvgIpc) is 2.35. The number of fused-ring (bicyclic) bond motifs is 1. The zero-order chi connectivity index (χ0) is 12.5. The van der Waals surface area contributed by atoms with E-state index >= 15 is 0 Å². The number of aryl methyl sites for hydroxylation is 1. The number of rotatable bonds is 3. The Morgan fingerprint density at radius 2 is 2.06 bits per heavy atom. The van der Waals surface area contributed by atoms with E-state index in [1.807, 2.05) is 13.0 Å². The van der Waals surface area contributed by atoms with E-state index in [0.717, 1.165) is 22.8 Å². The van der Waals surface area contributed by atoms with Crippen molar-refractivity contribution in [1.82, 2.24) is 0 Å². The minimum absolute atomic E-state index is 0.640. The highest BCUT2D eigenvalue weighted by atomic mass is 35.5. The highest BCUT2D eigenvalue weighted by Gasteiger charge is 2.24. The molecule has 0 amide bonds. The van der Waals surface area contributed by atoms with Crippen molar-refractivity contribution in [2.24, 2.45) is 0 Å². The third-order valence-corrected chi connectivity index (χ3v) is 4.09. The van der Waals surface area contributed by atoms with Crippen LogP contribution in [0.2, 0.25) is 5.02 Å². The van der Waals surface area contributed by atoms with Crippen LogP contribution in [0.1, 0.15) is 22.6 Å². The fraction of sp³-hybridized carbons (Fsp3) is 0.250. The average molecular weight is 258 g/mol. The second-order valence-corrected chi connectivity index (χ2v) is 5.35. The maximum Gasteiger partial charge on any atom is 0.0455 e. The SMILES string of the molecule is Cc1ccc(NCC2Cc3ccccc32)cc1Cl. The van der Waals surface area contributed by atoms with Crippen molar-refractivity contribution in [3.05, 3.63) is 64.2 Å². The zero-order valence-electron chi connectivity index (χ0n) is 10.4. The summed E-state index contributed by atoms with van der Waals surface area (Å²) in [5.41, 5.74) is 5.21. The van der Waals surface area contributed by atoms with Gasteiger partial charge in [0, 0.05) is 23.2 Å². The number of benzene rings is 2. The Kier molecular flexibility index (Phi) is 3.00. The molecular formula is C16H16ClN. The second-order valence-electron chi connectivity index (χ2n) is 4.94. The van der Waals surface area contributed by atoms with E-state index in [2.05, 4.69) is 41.7 Å². The molecule has 0 aromatic heterocycles. The molecule has 1 N–H and O–H groups in total. The molecule has 1 aliphatic carbocycles. The minimum atomic E-state index is 0.640. The molecule has 2 aromatic rings. The molecule has 3 rings (SSSR count). The van der Waals surface area contributed by atoms with Crippen LogP contribution in [0.4, 0.5) is 5.69 Å². The molecule has 18 heavy (non-hydrogen) atoms. The molecule has 0 saturated carbocycles. The third kappa shape index (κ3) is 2.11. The maximum absolute atomic E-state index is 6.12. The summed E-state index contributed by atoms with van der Waals surface area (Å²) < 4.78 is 0. The molecule has 1 nitrogen and oxygen atoms in total. The lowest BCUT2D eigenvalue weighted by molar-refractivity contribution is 0.636. The first-order valence-corrected chi connectivity index (χ1v) is 6.69. The topological polar surface area (TPSA) is 12.0 Å². The summed E-state index contributed by atoms with van der Waals surface area (Å²) in [6, 6.07) is 14.8. The quantitative estimate of drug-likeness (QED) is 0.859. The van der Waals surface area contributed by atoms with Gasteiger partial charge in [-0.3, -0.25) is 0 Å². The van der Waals surface area contributed by atoms with Crippen LogP contribution in [0.3, 0.4) is 0 Å². The molecule has 0 aliphatic heterocycles. The summed E-state index contributed by atoms with van der Waals surface area (Å²) in [5, 5.41) is 4.30. The largest absolute Gasteiger partial charge is 0.384 e. The number of halogens is 1. The van der Waals surface area contributed by atoms with Crippen molar-refractivity contribution in [2.75, 3.05) is 11.9 Å². The van der Waals surface area contributed by atoms with Crippen molar-refractivity contribution in [1.29, 1.82) is 0 Å². The molecule has 0 fully saturated rings. The Hall–Kier alpha value is -1.47. The monoisotopic (exact) mass is 257 g/mol. The van der Waals surface area contributed by atoms with Gasteiger partial charge in [-0.2, -0.15) is 0 Å². The summed E-state index contributed by atoms with van der Waals surface area (Å²) in [7, 11) is 0. The van der Waals surface area contributed by atoms with E-state index in [4.69, 9.17) is 11.6 Å². The van der Waals surface area contributed by atoms with Crippen LogP contribution in [-0.2, 0) is 6.42 Å². The lowest BCUT2D eigenvalue weighted by Crippen LogP contribution is -2.24. The fourth-order valence-electron chi connectivity index (χ4n) is 2.49.